The Morgan fingerprint density at radius 1 is 0.552 bits per heavy atom. The normalized spacial score (nSPS) is 14.8. The summed E-state index contributed by atoms with van der Waals surface area (Å²) in [4.78, 5) is 62.7. The lowest BCUT2D eigenvalue weighted by molar-refractivity contribution is -0.145. The van der Waals surface area contributed by atoms with Crippen LogP contribution in [0.4, 0.5) is 5.69 Å². The van der Waals surface area contributed by atoms with Gasteiger partial charge in [0.25, 0.3) is 11.8 Å². The molecule has 0 radical (unpaired) electrons. The zero-order valence-corrected chi connectivity index (χ0v) is 39.7. The summed E-state index contributed by atoms with van der Waals surface area (Å²) in [5, 5.41) is 5.33. The number of carbonyl (C=O) groups is 5. The highest BCUT2D eigenvalue weighted by molar-refractivity contribution is 6.25. The molecule has 0 aromatic heterocycles. The lowest BCUT2D eigenvalue weighted by Crippen LogP contribution is -2.54. The fourth-order valence-electron chi connectivity index (χ4n) is 6.73. The predicted molar refractivity (Wildman–Crippen MR) is 244 cm³/mol. The molecule has 20 heteroatoms. The number of hydrogen-bond acceptors (Lipinski definition) is 18. The number of nitrogens with zero attached hydrogens (tertiary/aromatic N) is 1. The predicted octanol–water partition coefficient (Wildman–Crippen LogP) is 3.37. The zero-order valence-electron chi connectivity index (χ0n) is 39.7. The van der Waals surface area contributed by atoms with E-state index in [1.165, 1.54) is 32.1 Å². The van der Waals surface area contributed by atoms with Crippen LogP contribution in [0, 0.1) is 0 Å². The molecule has 1 aromatic carbocycles. The maximum absolute atomic E-state index is 13.2. The van der Waals surface area contributed by atoms with Gasteiger partial charge in [-0.05, 0) is 25.0 Å². The molecule has 0 saturated carbocycles. The van der Waals surface area contributed by atoms with Gasteiger partial charge in [-0.3, -0.25) is 34.2 Å². The van der Waals surface area contributed by atoms with Crippen molar-refractivity contribution < 1.29 is 80.8 Å². The number of unbranched alkanes of at least 4 members (excludes halogenated alkanes) is 6. The number of amides is 4. The number of rotatable bonds is 46. The SMILES string of the molecule is CCCCCCCCCC(=O)OCCOCCOCCOCCOCCOCCOCCOCCOCCOCCOCCOCCNc1cccc2c1C(=O)N(C1CCC(=O)NC1=O)C2=O. The molecule has 2 N–H and O–H groups in total. The molecule has 20 nitrogen and oxygen atoms in total. The minimum Gasteiger partial charge on any atom is -0.463 e. The first-order valence-electron chi connectivity index (χ1n) is 24.0. The highest BCUT2D eigenvalue weighted by Crippen LogP contribution is 2.32. The molecule has 1 saturated heterocycles. The molecular formula is C47H77N3O17. The quantitative estimate of drug-likeness (QED) is 0.0543. The van der Waals surface area contributed by atoms with Crippen molar-refractivity contribution in [1.29, 1.82) is 0 Å². The molecule has 1 fully saturated rings. The van der Waals surface area contributed by atoms with Gasteiger partial charge in [0.05, 0.1) is 156 Å². The van der Waals surface area contributed by atoms with E-state index >= 15 is 0 Å². The van der Waals surface area contributed by atoms with Crippen molar-refractivity contribution in [3.8, 4) is 0 Å². The molecule has 3 rings (SSSR count). The van der Waals surface area contributed by atoms with E-state index in [0.717, 1.165) is 17.7 Å². The molecule has 382 valence electrons. The van der Waals surface area contributed by atoms with Crippen molar-refractivity contribution >= 4 is 35.3 Å². The second-order valence-corrected chi connectivity index (χ2v) is 15.4. The van der Waals surface area contributed by atoms with Crippen LogP contribution in [-0.4, -0.2) is 199 Å². The smallest absolute Gasteiger partial charge is 0.305 e. The van der Waals surface area contributed by atoms with Gasteiger partial charge < -0.3 is 62.2 Å². The number of fused-ring (bicyclic) bond motifs is 1. The number of piperidine rings is 1. The van der Waals surface area contributed by atoms with Gasteiger partial charge >= 0.3 is 5.97 Å². The van der Waals surface area contributed by atoms with Crippen molar-refractivity contribution in [2.24, 2.45) is 0 Å². The zero-order chi connectivity index (χ0) is 47.8. The molecule has 2 aliphatic heterocycles. The molecule has 2 heterocycles. The number of benzene rings is 1. The van der Waals surface area contributed by atoms with Crippen LogP contribution in [0.5, 0.6) is 0 Å². The van der Waals surface area contributed by atoms with Crippen LogP contribution < -0.4 is 10.6 Å². The van der Waals surface area contributed by atoms with Crippen LogP contribution in [0.2, 0.25) is 0 Å². The van der Waals surface area contributed by atoms with Crippen molar-refractivity contribution in [3.05, 3.63) is 29.3 Å². The lowest BCUT2D eigenvalue weighted by Gasteiger charge is -2.27. The average molecular weight is 956 g/mol. The van der Waals surface area contributed by atoms with E-state index in [1.54, 1.807) is 18.2 Å². The minimum atomic E-state index is -1.02. The van der Waals surface area contributed by atoms with Gasteiger partial charge in [0, 0.05) is 25.1 Å². The van der Waals surface area contributed by atoms with Crippen LogP contribution in [0.25, 0.3) is 0 Å². The van der Waals surface area contributed by atoms with Gasteiger partial charge in [-0.25, -0.2) is 0 Å². The van der Waals surface area contributed by atoms with Gasteiger partial charge in [0.2, 0.25) is 11.8 Å². The molecule has 0 spiro atoms. The first-order chi connectivity index (χ1) is 32.9. The summed E-state index contributed by atoms with van der Waals surface area (Å²) in [7, 11) is 0. The Morgan fingerprint density at radius 3 is 1.42 bits per heavy atom. The first-order valence-corrected chi connectivity index (χ1v) is 24.0. The molecule has 4 amide bonds. The third-order valence-electron chi connectivity index (χ3n) is 10.2. The first kappa shape index (κ1) is 57.6. The summed E-state index contributed by atoms with van der Waals surface area (Å²) in [5.74, 6) is -2.33. The van der Waals surface area contributed by atoms with Crippen LogP contribution in [0.3, 0.4) is 0 Å². The van der Waals surface area contributed by atoms with Crippen LogP contribution in [-0.2, 0) is 71.2 Å². The summed E-state index contributed by atoms with van der Waals surface area (Å²) in [5.41, 5.74) is 0.897. The number of nitrogens with one attached hydrogen (secondary N) is 2. The maximum atomic E-state index is 13.2. The second-order valence-electron chi connectivity index (χ2n) is 15.4. The number of esters is 1. The van der Waals surface area contributed by atoms with E-state index in [4.69, 9.17) is 56.8 Å². The monoisotopic (exact) mass is 956 g/mol. The Morgan fingerprint density at radius 2 is 0.970 bits per heavy atom. The topological polar surface area (TPSA) is 223 Å². The Kier molecular flexibility index (Phi) is 33.7. The van der Waals surface area contributed by atoms with Crippen LogP contribution >= 0.6 is 0 Å². The third kappa shape index (κ3) is 26.6. The van der Waals surface area contributed by atoms with E-state index in [1.807, 2.05) is 0 Å². The molecule has 1 unspecified atom stereocenters. The van der Waals surface area contributed by atoms with E-state index in [9.17, 15) is 24.0 Å². The fraction of sp³-hybridized carbons (Fsp3) is 0.766. The summed E-state index contributed by atoms with van der Waals surface area (Å²) in [6.07, 6.45) is 8.87. The number of ether oxygens (including phenoxy) is 12. The second kappa shape index (κ2) is 39.2. The average Bonchev–Trinajstić information content (AvgIpc) is 3.58. The Balaban J connectivity index is 0.948. The maximum Gasteiger partial charge on any atom is 0.305 e. The highest BCUT2D eigenvalue weighted by atomic mass is 16.6. The van der Waals surface area contributed by atoms with Gasteiger partial charge in [-0.15, -0.1) is 0 Å². The van der Waals surface area contributed by atoms with Crippen molar-refractivity contribution in [2.75, 3.05) is 164 Å². The molecule has 0 aliphatic carbocycles. The number of imide groups is 2. The van der Waals surface area contributed by atoms with E-state index in [0.29, 0.717) is 164 Å². The van der Waals surface area contributed by atoms with Crippen LogP contribution in [0.1, 0.15) is 91.8 Å². The molecule has 0 bridgehead atoms. The molecule has 67 heavy (non-hydrogen) atoms. The number of carbonyl (C=O) groups excluding carboxylic acids is 5. The van der Waals surface area contributed by atoms with E-state index in [2.05, 4.69) is 17.6 Å². The highest BCUT2D eigenvalue weighted by Gasteiger charge is 2.45. The third-order valence-corrected chi connectivity index (χ3v) is 10.2. The van der Waals surface area contributed by atoms with Crippen molar-refractivity contribution in [2.45, 2.75) is 77.2 Å². The summed E-state index contributed by atoms with van der Waals surface area (Å²) in [6, 6.07) is 3.90. The molecular weight excluding hydrogens is 879 g/mol. The molecule has 1 atom stereocenters. The Bertz CT molecular complexity index is 1500. The number of anilines is 1. The largest absolute Gasteiger partial charge is 0.463 e. The fourth-order valence-corrected chi connectivity index (χ4v) is 6.73. The standard InChI is InChI=1S/C47H77N3O17/c1-2-3-4-5-6-7-8-12-43(52)67-38-37-66-36-35-65-34-33-64-32-31-63-30-29-62-28-27-61-26-25-60-24-23-59-22-21-58-20-19-57-18-17-56-16-15-48-40-11-9-10-39-44(40)47(55)50(46(39)54)41-13-14-42(51)49-45(41)53/h9-11,41,48H,2-8,12-38H2,1H3,(H,49,51,53). The van der Waals surface area contributed by atoms with Gasteiger partial charge in [-0.2, -0.15) is 0 Å². The minimum absolute atomic E-state index is 0.0621. The van der Waals surface area contributed by atoms with Crippen LogP contribution in [0.15, 0.2) is 18.2 Å². The molecule has 2 aliphatic rings. The lowest BCUT2D eigenvalue weighted by atomic mass is 10.0. The summed E-state index contributed by atoms with van der Waals surface area (Å²) >= 11 is 0. The Labute approximate surface area is 395 Å². The van der Waals surface area contributed by atoms with E-state index in [-0.39, 0.29) is 36.5 Å². The summed E-state index contributed by atoms with van der Waals surface area (Å²) in [6.45, 7) is 12.5. The van der Waals surface area contributed by atoms with Gasteiger partial charge in [0.1, 0.15) is 12.6 Å². The summed E-state index contributed by atoms with van der Waals surface area (Å²) < 4.78 is 65.8. The molecule has 1 aromatic rings. The van der Waals surface area contributed by atoms with Gasteiger partial charge in [-0.1, -0.05) is 51.5 Å². The van der Waals surface area contributed by atoms with E-state index < -0.39 is 29.7 Å². The number of hydrogen-bond donors (Lipinski definition) is 2. The van der Waals surface area contributed by atoms with Crippen molar-refractivity contribution in [3.63, 3.8) is 0 Å². The van der Waals surface area contributed by atoms with Gasteiger partial charge in [0.15, 0.2) is 0 Å². The van der Waals surface area contributed by atoms with Crippen molar-refractivity contribution in [1.82, 2.24) is 10.2 Å². The Hall–Kier alpha value is -3.67.